The number of phenolic OH excluding ortho intramolecular Hbond substituents is 1. The zero-order valence-corrected chi connectivity index (χ0v) is 13.3. The van der Waals surface area contributed by atoms with E-state index >= 15 is 0 Å². The summed E-state index contributed by atoms with van der Waals surface area (Å²) in [6.45, 7) is 1.60. The van der Waals surface area contributed by atoms with E-state index in [0.29, 0.717) is 5.75 Å². The number of benzene rings is 2. The van der Waals surface area contributed by atoms with Gasteiger partial charge in [-0.15, -0.1) is 0 Å². The summed E-state index contributed by atoms with van der Waals surface area (Å²) in [4.78, 5) is 22.1. The lowest BCUT2D eigenvalue weighted by Crippen LogP contribution is -2.39. The molecule has 0 radical (unpaired) electrons. The lowest BCUT2D eigenvalue weighted by molar-refractivity contribution is -0.384. The van der Waals surface area contributed by atoms with Crippen molar-refractivity contribution < 1.29 is 19.6 Å². The van der Waals surface area contributed by atoms with Gasteiger partial charge >= 0.3 is 6.03 Å². The Balaban J connectivity index is 1.96. The zero-order valence-electron chi connectivity index (χ0n) is 12.5. The van der Waals surface area contributed by atoms with Crippen molar-refractivity contribution in [3.63, 3.8) is 0 Å². The molecule has 0 aromatic heterocycles. The molecule has 0 aliphatic heterocycles. The Hall–Kier alpha value is -3.00. The molecule has 1 unspecified atom stereocenters. The minimum atomic E-state index is -0.688. The highest BCUT2D eigenvalue weighted by Gasteiger charge is 2.14. The van der Waals surface area contributed by atoms with Gasteiger partial charge in [0.15, 0.2) is 6.23 Å². The quantitative estimate of drug-likeness (QED) is 0.433. The molecule has 2 amide bonds. The fourth-order valence-corrected chi connectivity index (χ4v) is 1.99. The summed E-state index contributed by atoms with van der Waals surface area (Å²) in [5, 5.41) is 25.0. The molecule has 0 saturated carbocycles. The SMILES string of the molecule is CC(NC(=O)Nc1cc([N+](=O)[O-])ccc1Cl)Oc1ccc(O)cc1. The summed E-state index contributed by atoms with van der Waals surface area (Å²) in [6.07, 6.45) is -0.688. The second-order valence-electron chi connectivity index (χ2n) is 4.77. The van der Waals surface area contributed by atoms with Crippen LogP contribution in [0.15, 0.2) is 42.5 Å². The summed E-state index contributed by atoms with van der Waals surface area (Å²) in [6, 6.07) is 9.08. The number of halogens is 1. The maximum Gasteiger partial charge on any atom is 0.322 e. The number of hydrogen-bond donors (Lipinski definition) is 3. The van der Waals surface area contributed by atoms with Crippen LogP contribution in [0.1, 0.15) is 6.92 Å². The third kappa shape index (κ3) is 4.75. The molecule has 0 saturated heterocycles. The van der Waals surface area contributed by atoms with Gasteiger partial charge in [0.1, 0.15) is 11.5 Å². The van der Waals surface area contributed by atoms with Gasteiger partial charge < -0.3 is 20.5 Å². The molecule has 126 valence electrons. The number of nitro groups is 1. The van der Waals surface area contributed by atoms with Crippen molar-refractivity contribution >= 4 is 29.0 Å². The van der Waals surface area contributed by atoms with Crippen LogP contribution in [0.4, 0.5) is 16.2 Å². The van der Waals surface area contributed by atoms with Gasteiger partial charge in [0.05, 0.1) is 15.6 Å². The number of phenols is 1. The molecular formula is C15H14ClN3O5. The number of carbonyl (C=O) groups excluding carboxylic acids is 1. The lowest BCUT2D eigenvalue weighted by Gasteiger charge is -2.17. The first-order chi connectivity index (χ1) is 11.3. The second-order valence-corrected chi connectivity index (χ2v) is 5.18. The molecule has 24 heavy (non-hydrogen) atoms. The van der Waals surface area contributed by atoms with Crippen molar-refractivity contribution in [2.45, 2.75) is 13.2 Å². The van der Waals surface area contributed by atoms with Crippen LogP contribution in [0.25, 0.3) is 0 Å². The van der Waals surface area contributed by atoms with E-state index in [1.165, 1.54) is 24.3 Å². The van der Waals surface area contributed by atoms with Crippen LogP contribution in [0.3, 0.4) is 0 Å². The number of aromatic hydroxyl groups is 1. The third-order valence-corrected chi connectivity index (χ3v) is 3.22. The van der Waals surface area contributed by atoms with Gasteiger partial charge in [0.25, 0.3) is 5.69 Å². The molecule has 1 atom stereocenters. The molecule has 0 spiro atoms. The fourth-order valence-electron chi connectivity index (χ4n) is 1.82. The number of nitro benzene ring substituents is 1. The highest BCUT2D eigenvalue weighted by molar-refractivity contribution is 6.33. The number of amides is 2. The van der Waals surface area contributed by atoms with Gasteiger partial charge in [-0.05, 0) is 37.3 Å². The Morgan fingerprint density at radius 3 is 2.58 bits per heavy atom. The Labute approximate surface area is 142 Å². The van der Waals surface area contributed by atoms with Crippen LogP contribution in [0.2, 0.25) is 5.02 Å². The van der Waals surface area contributed by atoms with E-state index in [0.717, 1.165) is 6.07 Å². The molecule has 0 fully saturated rings. The second kappa shape index (κ2) is 7.51. The molecule has 0 bridgehead atoms. The summed E-state index contributed by atoms with van der Waals surface area (Å²) < 4.78 is 5.45. The van der Waals surface area contributed by atoms with E-state index in [-0.39, 0.29) is 22.1 Å². The first kappa shape index (κ1) is 17.4. The normalized spacial score (nSPS) is 11.4. The van der Waals surface area contributed by atoms with E-state index in [2.05, 4.69) is 10.6 Å². The van der Waals surface area contributed by atoms with Crippen LogP contribution in [-0.2, 0) is 0 Å². The van der Waals surface area contributed by atoms with E-state index in [1.54, 1.807) is 19.1 Å². The van der Waals surface area contributed by atoms with Crippen molar-refractivity contribution in [1.82, 2.24) is 5.32 Å². The van der Waals surface area contributed by atoms with Crippen molar-refractivity contribution in [1.29, 1.82) is 0 Å². The van der Waals surface area contributed by atoms with Gasteiger partial charge in [0, 0.05) is 12.1 Å². The molecule has 0 aliphatic carbocycles. The highest BCUT2D eigenvalue weighted by atomic mass is 35.5. The summed E-state index contributed by atoms with van der Waals surface area (Å²) in [5.74, 6) is 0.551. The smallest absolute Gasteiger partial charge is 0.322 e. The van der Waals surface area contributed by atoms with Crippen LogP contribution in [0.5, 0.6) is 11.5 Å². The first-order valence-electron chi connectivity index (χ1n) is 6.82. The largest absolute Gasteiger partial charge is 0.508 e. The van der Waals surface area contributed by atoms with Crippen molar-refractivity contribution in [2.75, 3.05) is 5.32 Å². The van der Waals surface area contributed by atoms with E-state index < -0.39 is 17.2 Å². The van der Waals surface area contributed by atoms with Crippen LogP contribution in [-0.4, -0.2) is 22.3 Å². The molecule has 9 heteroatoms. The number of non-ortho nitro benzene ring substituents is 1. The first-order valence-corrected chi connectivity index (χ1v) is 7.20. The number of anilines is 1. The summed E-state index contributed by atoms with van der Waals surface area (Å²) in [7, 11) is 0. The maximum absolute atomic E-state index is 11.9. The van der Waals surface area contributed by atoms with Crippen LogP contribution < -0.4 is 15.4 Å². The molecule has 3 N–H and O–H groups in total. The van der Waals surface area contributed by atoms with E-state index in [4.69, 9.17) is 16.3 Å². The number of carbonyl (C=O) groups is 1. The molecule has 2 rings (SSSR count). The van der Waals surface area contributed by atoms with Crippen LogP contribution in [0, 0.1) is 10.1 Å². The Bertz CT molecular complexity index is 751. The van der Waals surface area contributed by atoms with E-state index in [1.807, 2.05) is 0 Å². The van der Waals surface area contributed by atoms with Gasteiger partial charge in [-0.3, -0.25) is 10.1 Å². The van der Waals surface area contributed by atoms with Crippen molar-refractivity contribution in [2.24, 2.45) is 0 Å². The monoisotopic (exact) mass is 351 g/mol. The maximum atomic E-state index is 11.9. The average Bonchev–Trinajstić information content (AvgIpc) is 2.51. The minimum absolute atomic E-state index is 0.0982. The lowest BCUT2D eigenvalue weighted by atomic mass is 10.3. The van der Waals surface area contributed by atoms with Gasteiger partial charge in [-0.1, -0.05) is 11.6 Å². The number of hydrogen-bond acceptors (Lipinski definition) is 5. The molecular weight excluding hydrogens is 338 g/mol. The average molecular weight is 352 g/mol. The number of rotatable bonds is 5. The van der Waals surface area contributed by atoms with Gasteiger partial charge in [-0.2, -0.15) is 0 Å². The predicted octanol–water partition coefficient (Wildman–Crippen LogP) is 3.50. The molecule has 2 aromatic carbocycles. The fraction of sp³-hybridized carbons (Fsp3) is 0.133. The highest BCUT2D eigenvalue weighted by Crippen LogP contribution is 2.26. The summed E-state index contributed by atoms with van der Waals surface area (Å²) >= 11 is 5.91. The van der Waals surface area contributed by atoms with Crippen molar-refractivity contribution in [3.05, 3.63) is 57.6 Å². The summed E-state index contributed by atoms with van der Waals surface area (Å²) in [5.41, 5.74) is -0.0803. The molecule has 0 heterocycles. The van der Waals surface area contributed by atoms with Gasteiger partial charge in [0.2, 0.25) is 0 Å². The number of nitrogens with one attached hydrogen (secondary N) is 2. The van der Waals surface area contributed by atoms with Crippen molar-refractivity contribution in [3.8, 4) is 11.5 Å². The number of urea groups is 1. The Morgan fingerprint density at radius 2 is 1.96 bits per heavy atom. The number of ether oxygens (including phenoxy) is 1. The Morgan fingerprint density at radius 1 is 1.29 bits per heavy atom. The topological polar surface area (TPSA) is 114 Å². The minimum Gasteiger partial charge on any atom is -0.508 e. The van der Waals surface area contributed by atoms with Crippen LogP contribution >= 0.6 is 11.6 Å². The number of nitrogens with zero attached hydrogens (tertiary/aromatic N) is 1. The third-order valence-electron chi connectivity index (χ3n) is 2.89. The molecule has 2 aromatic rings. The molecule has 8 nitrogen and oxygen atoms in total. The van der Waals surface area contributed by atoms with Gasteiger partial charge in [-0.25, -0.2) is 4.79 Å². The molecule has 0 aliphatic rings. The zero-order chi connectivity index (χ0) is 17.7. The van der Waals surface area contributed by atoms with E-state index in [9.17, 15) is 20.0 Å². The standard InChI is InChI=1S/C15H14ClN3O5/c1-9(24-12-5-3-11(20)4-6-12)17-15(21)18-14-8-10(19(22)23)2-7-13(14)16/h2-9,20H,1H3,(H2,17,18,21). The Kier molecular flexibility index (Phi) is 5.43. The predicted molar refractivity (Wildman–Crippen MR) is 88.5 cm³/mol.